The minimum absolute atomic E-state index is 0.134. The van der Waals surface area contributed by atoms with Gasteiger partial charge in [-0.3, -0.25) is 0 Å². The molecule has 1 rings (SSSR count). The molecule has 2 nitrogen and oxygen atoms in total. The summed E-state index contributed by atoms with van der Waals surface area (Å²) in [6.45, 7) is 7.44. The normalized spacial score (nSPS) is 16.3. The summed E-state index contributed by atoms with van der Waals surface area (Å²) in [5, 5.41) is 3.55. The van der Waals surface area contributed by atoms with Crippen LogP contribution in [0.1, 0.15) is 32.8 Å². The average molecular weight is 314 g/mol. The fraction of sp³-hybridized carbons (Fsp3) is 0.600. The van der Waals surface area contributed by atoms with E-state index in [2.05, 4.69) is 60.2 Å². The molecular weight excluding hydrogens is 290 g/mol. The number of halogens is 1. The maximum absolute atomic E-state index is 5.74. The zero-order chi connectivity index (χ0) is 13.6. The molecule has 0 aliphatic heterocycles. The third kappa shape index (κ3) is 3.81. The number of nitrogens with one attached hydrogen (secondary N) is 1. The van der Waals surface area contributed by atoms with Crippen molar-refractivity contribution >= 4 is 15.9 Å². The fourth-order valence-corrected chi connectivity index (χ4v) is 2.61. The lowest BCUT2D eigenvalue weighted by Gasteiger charge is -2.36. The highest BCUT2D eigenvalue weighted by Gasteiger charge is 2.32. The predicted octanol–water partition coefficient (Wildman–Crippen LogP) is 3.78. The molecule has 0 saturated heterocycles. The van der Waals surface area contributed by atoms with Crippen LogP contribution < -0.4 is 5.32 Å². The minimum Gasteiger partial charge on any atom is -0.377 e. The summed E-state index contributed by atoms with van der Waals surface area (Å²) in [5.41, 5.74) is 1.19. The van der Waals surface area contributed by atoms with Crippen LogP contribution in [0.2, 0.25) is 0 Å². The number of hydrogen-bond donors (Lipinski definition) is 1. The standard InChI is InChI=1S/C15H24BrNO/c1-5-15(3,18-4)14(17-6-2)11-12-9-7-8-10-13(12)16/h7-10,14,17H,5-6,11H2,1-4H3. The van der Waals surface area contributed by atoms with Crippen LogP contribution in [0.3, 0.4) is 0 Å². The molecule has 0 aliphatic carbocycles. The van der Waals surface area contributed by atoms with Crippen molar-refractivity contribution in [2.75, 3.05) is 13.7 Å². The Bertz CT molecular complexity index is 363. The van der Waals surface area contributed by atoms with Crippen molar-refractivity contribution in [3.05, 3.63) is 34.3 Å². The van der Waals surface area contributed by atoms with E-state index in [1.807, 2.05) is 6.07 Å². The van der Waals surface area contributed by atoms with Gasteiger partial charge in [0.25, 0.3) is 0 Å². The molecule has 0 radical (unpaired) electrons. The third-order valence-corrected chi connectivity index (χ3v) is 4.51. The van der Waals surface area contributed by atoms with Gasteiger partial charge < -0.3 is 10.1 Å². The van der Waals surface area contributed by atoms with Crippen molar-refractivity contribution in [3.63, 3.8) is 0 Å². The van der Waals surface area contributed by atoms with Gasteiger partial charge in [0.2, 0.25) is 0 Å². The second-order valence-corrected chi connectivity index (χ2v) is 5.63. The van der Waals surface area contributed by atoms with Gasteiger partial charge in [-0.25, -0.2) is 0 Å². The smallest absolute Gasteiger partial charge is 0.0803 e. The molecule has 1 N–H and O–H groups in total. The summed E-state index contributed by atoms with van der Waals surface area (Å²) in [6.07, 6.45) is 1.96. The van der Waals surface area contributed by atoms with Crippen LogP contribution in [0.4, 0.5) is 0 Å². The van der Waals surface area contributed by atoms with Gasteiger partial charge in [0.15, 0.2) is 0 Å². The first-order chi connectivity index (χ1) is 8.57. The lowest BCUT2D eigenvalue weighted by Crippen LogP contribution is -2.51. The predicted molar refractivity (Wildman–Crippen MR) is 81.0 cm³/mol. The largest absolute Gasteiger partial charge is 0.377 e. The molecule has 1 aromatic rings. The highest BCUT2D eigenvalue weighted by molar-refractivity contribution is 9.10. The summed E-state index contributed by atoms with van der Waals surface area (Å²) >= 11 is 3.62. The van der Waals surface area contributed by atoms with E-state index in [9.17, 15) is 0 Å². The van der Waals surface area contributed by atoms with E-state index in [4.69, 9.17) is 4.74 Å². The quantitative estimate of drug-likeness (QED) is 0.827. The van der Waals surface area contributed by atoms with E-state index >= 15 is 0 Å². The van der Waals surface area contributed by atoms with Gasteiger partial charge in [-0.1, -0.05) is 48.0 Å². The Balaban J connectivity index is 2.90. The van der Waals surface area contributed by atoms with E-state index in [-0.39, 0.29) is 5.60 Å². The molecule has 0 bridgehead atoms. The molecule has 0 aliphatic rings. The van der Waals surface area contributed by atoms with Crippen molar-refractivity contribution in [2.24, 2.45) is 0 Å². The van der Waals surface area contributed by atoms with Crippen molar-refractivity contribution in [3.8, 4) is 0 Å². The molecule has 0 aromatic heterocycles. The first kappa shape index (κ1) is 15.7. The Labute approximate surface area is 119 Å². The summed E-state index contributed by atoms with van der Waals surface area (Å²) in [4.78, 5) is 0. The van der Waals surface area contributed by atoms with Crippen LogP contribution in [0.15, 0.2) is 28.7 Å². The molecule has 2 atom stereocenters. The monoisotopic (exact) mass is 313 g/mol. The molecule has 0 heterocycles. The van der Waals surface area contributed by atoms with Gasteiger partial charge in [0.05, 0.1) is 5.60 Å². The molecular formula is C15H24BrNO. The summed E-state index contributed by atoms with van der Waals surface area (Å²) in [5.74, 6) is 0. The number of rotatable bonds is 7. The minimum atomic E-state index is -0.134. The average Bonchev–Trinajstić information content (AvgIpc) is 2.39. The van der Waals surface area contributed by atoms with Crippen molar-refractivity contribution in [2.45, 2.75) is 45.3 Å². The van der Waals surface area contributed by atoms with E-state index in [1.165, 1.54) is 10.0 Å². The maximum atomic E-state index is 5.74. The Morgan fingerprint density at radius 2 is 2.00 bits per heavy atom. The van der Waals surface area contributed by atoms with Crippen LogP contribution >= 0.6 is 15.9 Å². The lowest BCUT2D eigenvalue weighted by atomic mass is 9.88. The SMILES string of the molecule is CCNC(Cc1ccccc1Br)C(C)(CC)OC. The van der Waals surface area contributed by atoms with Gasteiger partial charge in [0.1, 0.15) is 0 Å². The second-order valence-electron chi connectivity index (χ2n) is 4.78. The first-order valence-electron chi connectivity index (χ1n) is 6.59. The Morgan fingerprint density at radius 3 is 2.50 bits per heavy atom. The van der Waals surface area contributed by atoms with Crippen LogP contribution in [0.5, 0.6) is 0 Å². The topological polar surface area (TPSA) is 21.3 Å². The van der Waals surface area contributed by atoms with E-state index in [0.29, 0.717) is 6.04 Å². The second kappa shape index (κ2) is 7.27. The summed E-state index contributed by atoms with van der Waals surface area (Å²) < 4.78 is 6.90. The molecule has 102 valence electrons. The third-order valence-electron chi connectivity index (χ3n) is 3.74. The van der Waals surface area contributed by atoms with E-state index < -0.39 is 0 Å². The summed E-state index contributed by atoms with van der Waals surface area (Å²) in [7, 11) is 1.80. The number of benzene rings is 1. The van der Waals surface area contributed by atoms with E-state index in [0.717, 1.165) is 19.4 Å². The zero-order valence-electron chi connectivity index (χ0n) is 11.8. The maximum Gasteiger partial charge on any atom is 0.0803 e. The van der Waals surface area contributed by atoms with Crippen LogP contribution in [0.25, 0.3) is 0 Å². The van der Waals surface area contributed by atoms with Gasteiger partial charge in [-0.2, -0.15) is 0 Å². The first-order valence-corrected chi connectivity index (χ1v) is 7.38. The number of hydrogen-bond acceptors (Lipinski definition) is 2. The zero-order valence-corrected chi connectivity index (χ0v) is 13.4. The molecule has 3 heteroatoms. The van der Waals surface area contributed by atoms with E-state index in [1.54, 1.807) is 7.11 Å². The number of likely N-dealkylation sites (N-methyl/N-ethyl adjacent to an activating group) is 1. The fourth-order valence-electron chi connectivity index (χ4n) is 2.17. The Morgan fingerprint density at radius 1 is 1.33 bits per heavy atom. The van der Waals surface area contributed by atoms with Crippen molar-refractivity contribution < 1.29 is 4.74 Å². The molecule has 0 amide bonds. The van der Waals surface area contributed by atoms with Gasteiger partial charge in [-0.05, 0) is 37.9 Å². The highest BCUT2D eigenvalue weighted by atomic mass is 79.9. The van der Waals surface area contributed by atoms with Gasteiger partial charge in [0, 0.05) is 17.6 Å². The van der Waals surface area contributed by atoms with Gasteiger partial charge in [-0.15, -0.1) is 0 Å². The lowest BCUT2D eigenvalue weighted by molar-refractivity contribution is -0.0284. The highest BCUT2D eigenvalue weighted by Crippen LogP contribution is 2.25. The van der Waals surface area contributed by atoms with Crippen LogP contribution in [-0.2, 0) is 11.2 Å². The molecule has 2 unspecified atom stereocenters. The van der Waals surface area contributed by atoms with Crippen molar-refractivity contribution in [1.29, 1.82) is 0 Å². The molecule has 0 saturated carbocycles. The van der Waals surface area contributed by atoms with Crippen LogP contribution in [-0.4, -0.2) is 25.3 Å². The Kier molecular flexibility index (Phi) is 6.33. The molecule has 0 spiro atoms. The Hall–Kier alpha value is -0.380. The van der Waals surface area contributed by atoms with Crippen LogP contribution in [0, 0.1) is 0 Å². The number of methoxy groups -OCH3 is 1. The molecule has 0 fully saturated rings. The van der Waals surface area contributed by atoms with Crippen molar-refractivity contribution in [1.82, 2.24) is 5.32 Å². The molecule has 1 aromatic carbocycles. The van der Waals surface area contributed by atoms with Gasteiger partial charge >= 0.3 is 0 Å². The molecule has 18 heavy (non-hydrogen) atoms. The summed E-state index contributed by atoms with van der Waals surface area (Å²) in [6, 6.07) is 8.70. The number of ether oxygens (including phenoxy) is 1.